The Labute approximate surface area is 111 Å². The van der Waals surface area contributed by atoms with Crippen LogP contribution in [0.2, 0.25) is 0 Å². The maximum absolute atomic E-state index is 3.17. The van der Waals surface area contributed by atoms with Crippen LogP contribution in [0.15, 0.2) is 18.7 Å². The summed E-state index contributed by atoms with van der Waals surface area (Å²) in [6.07, 6.45) is 21.1. The summed E-state index contributed by atoms with van der Waals surface area (Å²) in [4.78, 5) is 3.17. The topological polar surface area (TPSA) is 19.7 Å². The van der Waals surface area contributed by atoms with Crippen molar-refractivity contribution in [3.05, 3.63) is 18.7 Å². The molecule has 2 aliphatic rings. The number of hydrogen-bond acceptors (Lipinski definition) is 0. The largest absolute Gasteiger partial charge is 0.250 e. The molecule has 0 aliphatic heterocycles. The van der Waals surface area contributed by atoms with Gasteiger partial charge in [-0.2, -0.15) is 0 Å². The third kappa shape index (κ3) is 2.96. The highest BCUT2D eigenvalue weighted by Crippen LogP contribution is 2.36. The van der Waals surface area contributed by atoms with Gasteiger partial charge in [-0.15, -0.1) is 0 Å². The van der Waals surface area contributed by atoms with Crippen LogP contribution in [0.1, 0.15) is 70.3 Å². The predicted molar refractivity (Wildman–Crippen MR) is 73.2 cm³/mol. The molecule has 0 spiro atoms. The summed E-state index contributed by atoms with van der Waals surface area (Å²) in [5, 5.41) is 0. The highest BCUT2D eigenvalue weighted by atomic mass is 15.0. The Kier molecular flexibility index (Phi) is 4.02. The Balaban J connectivity index is 1.45. The van der Waals surface area contributed by atoms with E-state index >= 15 is 0 Å². The third-order valence-corrected chi connectivity index (χ3v) is 5.20. The molecule has 3 rings (SSSR count). The van der Waals surface area contributed by atoms with Crippen molar-refractivity contribution in [3.63, 3.8) is 0 Å². The SMILES string of the molecule is c1c[n+](C2CCC(CC3CCCCC3)CC2)c[nH]1. The van der Waals surface area contributed by atoms with E-state index in [1.54, 1.807) is 0 Å². The molecular formula is C16H27N2+. The average molecular weight is 247 g/mol. The van der Waals surface area contributed by atoms with Crippen molar-refractivity contribution in [2.45, 2.75) is 70.3 Å². The van der Waals surface area contributed by atoms with Crippen LogP contribution in [0.5, 0.6) is 0 Å². The molecule has 2 heteroatoms. The second-order valence-corrected chi connectivity index (χ2v) is 6.47. The van der Waals surface area contributed by atoms with E-state index in [-0.39, 0.29) is 0 Å². The van der Waals surface area contributed by atoms with Gasteiger partial charge in [-0.3, -0.25) is 4.98 Å². The lowest BCUT2D eigenvalue weighted by Crippen LogP contribution is -2.39. The van der Waals surface area contributed by atoms with Crippen molar-refractivity contribution < 1.29 is 4.57 Å². The van der Waals surface area contributed by atoms with Crippen LogP contribution in [0.4, 0.5) is 0 Å². The number of H-pyrrole nitrogens is 1. The van der Waals surface area contributed by atoms with Crippen LogP contribution in [0, 0.1) is 11.8 Å². The minimum Gasteiger partial charge on any atom is -0.250 e. The van der Waals surface area contributed by atoms with Crippen molar-refractivity contribution in [3.8, 4) is 0 Å². The predicted octanol–water partition coefficient (Wildman–Crippen LogP) is 4.00. The van der Waals surface area contributed by atoms with Crippen LogP contribution in [0.3, 0.4) is 0 Å². The zero-order valence-electron chi connectivity index (χ0n) is 11.5. The van der Waals surface area contributed by atoms with E-state index in [9.17, 15) is 0 Å². The molecule has 0 bridgehead atoms. The first-order valence-corrected chi connectivity index (χ1v) is 7.95. The number of rotatable bonds is 3. The van der Waals surface area contributed by atoms with E-state index in [2.05, 4.69) is 22.1 Å². The lowest BCUT2D eigenvalue weighted by atomic mass is 9.76. The Hall–Kier alpha value is -0.790. The van der Waals surface area contributed by atoms with Crippen LogP contribution in [-0.4, -0.2) is 4.98 Å². The van der Waals surface area contributed by atoms with Crippen LogP contribution < -0.4 is 4.57 Å². The summed E-state index contributed by atoms with van der Waals surface area (Å²) in [5.41, 5.74) is 0. The van der Waals surface area contributed by atoms with Gasteiger partial charge in [-0.05, 0) is 43.9 Å². The average Bonchev–Trinajstić information content (AvgIpc) is 2.95. The molecule has 1 heterocycles. The van der Waals surface area contributed by atoms with Crippen molar-refractivity contribution >= 4 is 0 Å². The monoisotopic (exact) mass is 247 g/mol. The Bertz CT molecular complexity index is 330. The summed E-state index contributed by atoms with van der Waals surface area (Å²) in [7, 11) is 0. The molecule has 2 fully saturated rings. The molecule has 2 saturated carbocycles. The van der Waals surface area contributed by atoms with Gasteiger partial charge in [0.2, 0.25) is 6.33 Å². The van der Waals surface area contributed by atoms with Crippen molar-refractivity contribution in [2.75, 3.05) is 0 Å². The molecule has 0 aromatic carbocycles. The van der Waals surface area contributed by atoms with E-state index in [1.165, 1.54) is 64.2 Å². The van der Waals surface area contributed by atoms with E-state index in [4.69, 9.17) is 0 Å². The molecule has 1 aromatic heterocycles. The minimum absolute atomic E-state index is 0.763. The Morgan fingerprint density at radius 2 is 1.61 bits per heavy atom. The van der Waals surface area contributed by atoms with Gasteiger partial charge in [0, 0.05) is 0 Å². The normalized spacial score (nSPS) is 30.4. The van der Waals surface area contributed by atoms with Gasteiger partial charge in [-0.1, -0.05) is 32.1 Å². The number of aromatic nitrogens is 2. The fourth-order valence-electron chi connectivity index (χ4n) is 4.10. The van der Waals surface area contributed by atoms with Gasteiger partial charge in [0.15, 0.2) is 0 Å². The van der Waals surface area contributed by atoms with E-state index in [0.29, 0.717) is 0 Å². The molecule has 18 heavy (non-hydrogen) atoms. The van der Waals surface area contributed by atoms with Crippen molar-refractivity contribution in [2.24, 2.45) is 11.8 Å². The second kappa shape index (κ2) is 5.90. The highest BCUT2D eigenvalue weighted by molar-refractivity contribution is 4.75. The zero-order valence-corrected chi connectivity index (χ0v) is 11.5. The number of hydrogen-bond donors (Lipinski definition) is 1. The smallest absolute Gasteiger partial charge is 0.241 e. The van der Waals surface area contributed by atoms with Crippen LogP contribution in [0.25, 0.3) is 0 Å². The highest BCUT2D eigenvalue weighted by Gasteiger charge is 2.27. The summed E-state index contributed by atoms with van der Waals surface area (Å²) < 4.78 is 2.37. The maximum Gasteiger partial charge on any atom is 0.241 e. The van der Waals surface area contributed by atoms with Gasteiger partial charge in [0.25, 0.3) is 0 Å². The van der Waals surface area contributed by atoms with Gasteiger partial charge in [0.1, 0.15) is 18.4 Å². The molecule has 1 aromatic rings. The molecule has 1 N–H and O–H groups in total. The van der Waals surface area contributed by atoms with Gasteiger partial charge >= 0.3 is 0 Å². The zero-order chi connectivity index (χ0) is 12.2. The summed E-state index contributed by atoms with van der Waals surface area (Å²) >= 11 is 0. The maximum atomic E-state index is 3.17. The quantitative estimate of drug-likeness (QED) is 0.779. The first kappa shape index (κ1) is 12.3. The lowest BCUT2D eigenvalue weighted by Gasteiger charge is -2.31. The third-order valence-electron chi connectivity index (χ3n) is 5.20. The van der Waals surface area contributed by atoms with Crippen molar-refractivity contribution in [1.29, 1.82) is 0 Å². The molecule has 0 radical (unpaired) electrons. The number of imidazole rings is 1. The fraction of sp³-hybridized carbons (Fsp3) is 0.812. The van der Waals surface area contributed by atoms with Crippen molar-refractivity contribution in [1.82, 2.24) is 4.98 Å². The van der Waals surface area contributed by atoms with E-state index < -0.39 is 0 Å². The molecule has 0 amide bonds. The summed E-state index contributed by atoms with van der Waals surface area (Å²) in [5.74, 6) is 2.10. The molecular weight excluding hydrogens is 220 g/mol. The Morgan fingerprint density at radius 1 is 0.889 bits per heavy atom. The van der Waals surface area contributed by atoms with E-state index in [0.717, 1.165) is 17.9 Å². The van der Waals surface area contributed by atoms with Gasteiger partial charge in [0.05, 0.1) is 0 Å². The molecule has 0 saturated heterocycles. The van der Waals surface area contributed by atoms with Gasteiger partial charge < -0.3 is 0 Å². The number of nitrogens with zero attached hydrogens (tertiary/aromatic N) is 1. The molecule has 0 unspecified atom stereocenters. The van der Waals surface area contributed by atoms with Crippen LogP contribution >= 0.6 is 0 Å². The molecule has 2 nitrogen and oxygen atoms in total. The summed E-state index contributed by atoms with van der Waals surface area (Å²) in [6, 6.07) is 0.763. The summed E-state index contributed by atoms with van der Waals surface area (Å²) in [6.45, 7) is 0. The number of aromatic amines is 1. The second-order valence-electron chi connectivity index (χ2n) is 6.47. The molecule has 100 valence electrons. The fourth-order valence-corrected chi connectivity index (χ4v) is 4.10. The van der Waals surface area contributed by atoms with Crippen LogP contribution in [-0.2, 0) is 0 Å². The molecule has 0 atom stereocenters. The minimum atomic E-state index is 0.763. The number of nitrogens with one attached hydrogen (secondary N) is 1. The standard InChI is InChI=1S/C16H26N2/c1-2-4-14(5-3-1)12-15-6-8-16(9-7-15)18-11-10-17-13-18/h10-11,13-16H,1-9,12H2/p+1. The lowest BCUT2D eigenvalue weighted by molar-refractivity contribution is -0.724. The van der Waals surface area contributed by atoms with E-state index in [1.807, 2.05) is 6.20 Å². The Morgan fingerprint density at radius 3 is 2.28 bits per heavy atom. The molecule has 2 aliphatic carbocycles. The van der Waals surface area contributed by atoms with Gasteiger partial charge in [-0.25, -0.2) is 4.57 Å². The first-order chi connectivity index (χ1) is 8.92. The first-order valence-electron chi connectivity index (χ1n) is 7.95.